The Balaban J connectivity index is 1.57. The first kappa shape index (κ1) is 22.6. The molecular formula is C27H34N2O3. The molecule has 0 spiro atoms. The minimum atomic E-state index is -0.544. The fraction of sp³-hybridized carbons (Fsp3) is 0.444. The van der Waals surface area contributed by atoms with E-state index >= 15 is 0 Å². The number of aryl methyl sites for hydroxylation is 1. The molecule has 1 fully saturated rings. The van der Waals surface area contributed by atoms with Gasteiger partial charge in [0.15, 0.2) is 5.78 Å². The summed E-state index contributed by atoms with van der Waals surface area (Å²) in [6, 6.07) is 14.7. The van der Waals surface area contributed by atoms with Gasteiger partial charge >= 0.3 is 0 Å². The smallest absolute Gasteiger partial charge is 0.162 e. The summed E-state index contributed by atoms with van der Waals surface area (Å²) in [5, 5.41) is 11.4. The van der Waals surface area contributed by atoms with Crippen LogP contribution in [0.2, 0.25) is 0 Å². The van der Waals surface area contributed by atoms with Gasteiger partial charge in [-0.1, -0.05) is 24.1 Å². The van der Waals surface area contributed by atoms with E-state index in [-0.39, 0.29) is 12.4 Å². The first-order valence-electron chi connectivity index (χ1n) is 11.6. The van der Waals surface area contributed by atoms with Gasteiger partial charge in [0.05, 0.1) is 5.52 Å². The van der Waals surface area contributed by atoms with Gasteiger partial charge in [-0.3, -0.25) is 9.69 Å². The number of aromatic nitrogens is 1. The van der Waals surface area contributed by atoms with E-state index in [4.69, 9.17) is 4.74 Å². The Hall–Kier alpha value is -2.63. The number of ether oxygens (including phenoxy) is 1. The van der Waals surface area contributed by atoms with Crippen LogP contribution in [0.3, 0.4) is 0 Å². The maximum Gasteiger partial charge on any atom is 0.162 e. The summed E-state index contributed by atoms with van der Waals surface area (Å²) in [7, 11) is 0. The molecule has 3 aromatic rings. The van der Waals surface area contributed by atoms with Gasteiger partial charge in [0.1, 0.15) is 18.5 Å². The van der Waals surface area contributed by atoms with Crippen molar-refractivity contribution in [2.75, 3.05) is 19.7 Å². The van der Waals surface area contributed by atoms with Crippen molar-refractivity contribution in [1.29, 1.82) is 0 Å². The van der Waals surface area contributed by atoms with E-state index in [1.807, 2.05) is 25.1 Å². The third-order valence-electron chi connectivity index (χ3n) is 6.65. The topological polar surface area (TPSA) is 54.7 Å². The summed E-state index contributed by atoms with van der Waals surface area (Å²) >= 11 is 0. The lowest BCUT2D eigenvalue weighted by molar-refractivity contribution is 0.0438. The molecule has 1 N–H and O–H groups in total. The molecule has 5 nitrogen and oxygen atoms in total. The molecule has 1 aliphatic rings. The molecule has 0 saturated carbocycles. The van der Waals surface area contributed by atoms with E-state index in [1.165, 1.54) is 24.8 Å². The largest absolute Gasteiger partial charge is 0.491 e. The van der Waals surface area contributed by atoms with Crippen molar-refractivity contribution >= 4 is 16.7 Å². The lowest BCUT2D eigenvalue weighted by Crippen LogP contribution is -2.43. The van der Waals surface area contributed by atoms with Crippen LogP contribution in [0.5, 0.6) is 5.75 Å². The number of aliphatic hydroxyl groups is 1. The van der Waals surface area contributed by atoms with Crippen molar-refractivity contribution in [3.8, 4) is 11.4 Å². The second-order valence-electron chi connectivity index (χ2n) is 9.17. The third kappa shape index (κ3) is 4.59. The number of hydrogen-bond donors (Lipinski definition) is 1. The molecule has 170 valence electrons. The monoisotopic (exact) mass is 434 g/mol. The number of β-amino-alcohol motifs (C(OH)–C–C–N with tert-alkyl or cyclic N) is 1. The van der Waals surface area contributed by atoms with Crippen LogP contribution >= 0.6 is 0 Å². The van der Waals surface area contributed by atoms with Gasteiger partial charge in [-0.15, -0.1) is 0 Å². The number of likely N-dealkylation sites (tertiary alicyclic amines) is 1. The highest BCUT2D eigenvalue weighted by Gasteiger charge is 2.22. The van der Waals surface area contributed by atoms with Crippen LogP contribution in [0, 0.1) is 13.8 Å². The lowest BCUT2D eigenvalue weighted by atomic mass is 10.0. The summed E-state index contributed by atoms with van der Waals surface area (Å²) in [6.07, 6.45) is 3.11. The molecule has 1 saturated heterocycles. The Kier molecular flexibility index (Phi) is 6.68. The Morgan fingerprint density at radius 1 is 1.16 bits per heavy atom. The number of hydrogen-bond acceptors (Lipinski definition) is 4. The SMILES string of the molecule is CC(=O)c1c(C)n(-c2ccc(C)cc2)c2ccc(OCC(O)CN3CCCCC3C)cc12. The fourth-order valence-electron chi connectivity index (χ4n) is 4.90. The zero-order valence-corrected chi connectivity index (χ0v) is 19.6. The first-order valence-corrected chi connectivity index (χ1v) is 11.6. The van der Waals surface area contributed by atoms with E-state index in [9.17, 15) is 9.90 Å². The van der Waals surface area contributed by atoms with Crippen LogP contribution in [0.1, 0.15) is 54.7 Å². The second-order valence-corrected chi connectivity index (χ2v) is 9.17. The van der Waals surface area contributed by atoms with Crippen LogP contribution in [0.4, 0.5) is 0 Å². The Bertz CT molecular complexity index is 1100. The highest BCUT2D eigenvalue weighted by molar-refractivity contribution is 6.09. The van der Waals surface area contributed by atoms with Gasteiger partial charge in [0, 0.05) is 34.9 Å². The number of rotatable bonds is 7. The zero-order chi connectivity index (χ0) is 22.8. The Morgan fingerprint density at radius 2 is 1.91 bits per heavy atom. The molecule has 2 unspecified atom stereocenters. The minimum absolute atomic E-state index is 0.0367. The van der Waals surface area contributed by atoms with Crippen molar-refractivity contribution in [3.05, 3.63) is 59.3 Å². The Morgan fingerprint density at radius 3 is 2.59 bits per heavy atom. The van der Waals surface area contributed by atoms with Crippen LogP contribution in [0.25, 0.3) is 16.6 Å². The Labute approximate surface area is 190 Å². The number of Topliss-reactive ketones (excluding diaryl/α,β-unsaturated/α-hetero) is 1. The van der Waals surface area contributed by atoms with Crippen molar-refractivity contribution < 1.29 is 14.6 Å². The maximum absolute atomic E-state index is 12.5. The fourth-order valence-corrected chi connectivity index (χ4v) is 4.90. The number of carbonyl (C=O) groups is 1. The average Bonchev–Trinajstić information content (AvgIpc) is 3.06. The number of benzene rings is 2. The molecule has 0 radical (unpaired) electrons. The van der Waals surface area contributed by atoms with Gasteiger partial charge in [-0.2, -0.15) is 0 Å². The molecule has 0 bridgehead atoms. The number of nitrogens with zero attached hydrogens (tertiary/aromatic N) is 2. The summed E-state index contributed by atoms with van der Waals surface area (Å²) < 4.78 is 8.09. The molecule has 2 aromatic carbocycles. The molecule has 1 aliphatic heterocycles. The van der Waals surface area contributed by atoms with Crippen molar-refractivity contribution in [1.82, 2.24) is 9.47 Å². The van der Waals surface area contributed by atoms with Gasteiger partial charge in [0.2, 0.25) is 0 Å². The molecule has 5 heteroatoms. The summed E-state index contributed by atoms with van der Waals surface area (Å²) in [5.74, 6) is 0.710. The molecule has 32 heavy (non-hydrogen) atoms. The predicted octanol–water partition coefficient (Wildman–Crippen LogP) is 5.06. The van der Waals surface area contributed by atoms with Crippen LogP contribution in [-0.4, -0.2) is 52.2 Å². The van der Waals surface area contributed by atoms with Crippen LogP contribution in [0.15, 0.2) is 42.5 Å². The summed E-state index contributed by atoms with van der Waals surface area (Å²) in [4.78, 5) is 14.9. The lowest BCUT2D eigenvalue weighted by Gasteiger charge is -2.34. The van der Waals surface area contributed by atoms with Gasteiger partial charge in [-0.25, -0.2) is 0 Å². The molecule has 1 aromatic heterocycles. The van der Waals surface area contributed by atoms with Crippen LogP contribution < -0.4 is 4.74 Å². The molecule has 0 aliphatic carbocycles. The second kappa shape index (κ2) is 9.47. The predicted molar refractivity (Wildman–Crippen MR) is 129 cm³/mol. The highest BCUT2D eigenvalue weighted by atomic mass is 16.5. The minimum Gasteiger partial charge on any atom is -0.491 e. The number of aliphatic hydroxyl groups excluding tert-OH is 1. The van der Waals surface area contributed by atoms with Crippen molar-refractivity contribution in [2.24, 2.45) is 0 Å². The number of fused-ring (bicyclic) bond motifs is 1. The maximum atomic E-state index is 12.5. The van der Waals surface area contributed by atoms with Crippen molar-refractivity contribution in [3.63, 3.8) is 0 Å². The van der Waals surface area contributed by atoms with Crippen LogP contribution in [-0.2, 0) is 0 Å². The van der Waals surface area contributed by atoms with Gasteiger partial charge < -0.3 is 14.4 Å². The molecule has 2 atom stereocenters. The van der Waals surface area contributed by atoms with E-state index in [1.54, 1.807) is 6.92 Å². The number of carbonyl (C=O) groups excluding carboxylic acids is 1. The van der Waals surface area contributed by atoms with E-state index in [0.717, 1.165) is 28.8 Å². The van der Waals surface area contributed by atoms with E-state index in [2.05, 4.69) is 47.6 Å². The average molecular weight is 435 g/mol. The molecular weight excluding hydrogens is 400 g/mol. The third-order valence-corrected chi connectivity index (χ3v) is 6.65. The molecule has 2 heterocycles. The summed E-state index contributed by atoms with van der Waals surface area (Å²) in [6.45, 7) is 9.80. The number of piperidine rings is 1. The normalized spacial score (nSPS) is 18.1. The molecule has 0 amide bonds. The van der Waals surface area contributed by atoms with E-state index < -0.39 is 6.10 Å². The van der Waals surface area contributed by atoms with Crippen molar-refractivity contribution in [2.45, 2.75) is 59.1 Å². The molecule has 4 rings (SSSR count). The van der Waals surface area contributed by atoms with E-state index in [0.29, 0.717) is 23.9 Å². The zero-order valence-electron chi connectivity index (χ0n) is 19.6. The number of ketones is 1. The summed E-state index contributed by atoms with van der Waals surface area (Å²) in [5.41, 5.74) is 4.85. The van der Waals surface area contributed by atoms with Gasteiger partial charge in [-0.05, 0) is 77.4 Å². The van der Waals surface area contributed by atoms with Gasteiger partial charge in [0.25, 0.3) is 0 Å². The highest BCUT2D eigenvalue weighted by Crippen LogP contribution is 2.32. The quantitative estimate of drug-likeness (QED) is 0.528. The standard InChI is InChI=1S/C27H34N2O3/c1-18-8-10-22(11-9-18)29-20(3)27(21(4)30)25-15-24(12-13-26(25)29)32-17-23(31)16-28-14-6-5-7-19(28)2/h8-13,15,19,23,31H,5-7,14,16-17H2,1-4H3. The first-order chi connectivity index (χ1) is 15.3.